The van der Waals surface area contributed by atoms with Crippen LogP contribution in [0.2, 0.25) is 5.02 Å². The molecule has 2 aromatic carbocycles. The second kappa shape index (κ2) is 9.02. The van der Waals surface area contributed by atoms with E-state index in [9.17, 15) is 4.79 Å². The van der Waals surface area contributed by atoms with Crippen LogP contribution in [0.1, 0.15) is 19.7 Å². The first-order valence-electron chi connectivity index (χ1n) is 9.21. The van der Waals surface area contributed by atoms with Crippen LogP contribution in [0, 0.1) is 0 Å². The fraction of sp³-hybridized carbons (Fsp3) is 0.333. The van der Waals surface area contributed by atoms with Crippen LogP contribution in [0.5, 0.6) is 5.75 Å². The zero-order valence-corrected chi connectivity index (χ0v) is 16.4. The van der Waals surface area contributed by atoms with Crippen molar-refractivity contribution in [3.05, 3.63) is 69.7 Å². The van der Waals surface area contributed by atoms with E-state index in [0.29, 0.717) is 34.0 Å². The van der Waals surface area contributed by atoms with Crippen molar-refractivity contribution >= 4 is 22.5 Å². The first-order valence-corrected chi connectivity index (χ1v) is 9.59. The van der Waals surface area contributed by atoms with E-state index < -0.39 is 0 Å². The predicted octanol–water partition coefficient (Wildman–Crippen LogP) is 3.97. The molecule has 0 aliphatic rings. The van der Waals surface area contributed by atoms with Crippen molar-refractivity contribution in [2.45, 2.75) is 27.0 Å². The van der Waals surface area contributed by atoms with Crippen LogP contribution in [0.15, 0.2) is 53.3 Å². The first-order chi connectivity index (χ1) is 13.1. The monoisotopic (exact) mass is 385 g/mol. The summed E-state index contributed by atoms with van der Waals surface area (Å²) in [5, 5.41) is 1.29. The number of para-hydroxylation sites is 1. The number of hydrogen-bond donors (Lipinski definition) is 0. The maximum Gasteiger partial charge on any atom is 0.261 e. The van der Waals surface area contributed by atoms with Gasteiger partial charge in [-0.15, -0.1) is 0 Å². The lowest BCUT2D eigenvalue weighted by molar-refractivity contribution is 0.266. The van der Waals surface area contributed by atoms with E-state index in [2.05, 4.69) is 18.7 Å². The van der Waals surface area contributed by atoms with Gasteiger partial charge in [0.1, 0.15) is 18.2 Å². The Labute approximate surface area is 164 Å². The molecule has 0 saturated heterocycles. The Bertz CT molecular complexity index is 950. The molecule has 0 atom stereocenters. The molecule has 1 heterocycles. The highest BCUT2D eigenvalue weighted by Crippen LogP contribution is 2.17. The largest absolute Gasteiger partial charge is 0.486 e. The van der Waals surface area contributed by atoms with Crippen LogP contribution in [-0.2, 0) is 13.2 Å². The van der Waals surface area contributed by atoms with Gasteiger partial charge in [-0.05, 0) is 49.5 Å². The summed E-state index contributed by atoms with van der Waals surface area (Å²) in [5.41, 5.74) is 0.666. The number of fused-ring (bicyclic) bond motifs is 1. The number of ether oxygens (including phenoxy) is 1. The van der Waals surface area contributed by atoms with E-state index in [0.717, 1.165) is 19.6 Å². The SMILES string of the molecule is CCN(CC)CCn1c(COc2ccc(Cl)cc2)nc2ccccc2c1=O. The minimum absolute atomic E-state index is 0.0255. The summed E-state index contributed by atoms with van der Waals surface area (Å²) in [6, 6.07) is 14.6. The Morgan fingerprint density at radius 2 is 1.78 bits per heavy atom. The lowest BCUT2D eigenvalue weighted by Gasteiger charge is -2.20. The van der Waals surface area contributed by atoms with Crippen molar-refractivity contribution < 1.29 is 4.74 Å². The van der Waals surface area contributed by atoms with Crippen molar-refractivity contribution in [2.24, 2.45) is 0 Å². The van der Waals surface area contributed by atoms with Crippen molar-refractivity contribution in [1.82, 2.24) is 14.5 Å². The summed E-state index contributed by atoms with van der Waals surface area (Å²) >= 11 is 5.92. The maximum absolute atomic E-state index is 13.0. The van der Waals surface area contributed by atoms with Crippen LogP contribution < -0.4 is 10.3 Å². The van der Waals surface area contributed by atoms with E-state index >= 15 is 0 Å². The summed E-state index contributed by atoms with van der Waals surface area (Å²) < 4.78 is 7.59. The fourth-order valence-corrected chi connectivity index (χ4v) is 3.14. The fourth-order valence-electron chi connectivity index (χ4n) is 3.01. The normalized spacial score (nSPS) is 11.3. The summed E-state index contributed by atoms with van der Waals surface area (Å²) in [7, 11) is 0. The predicted molar refractivity (Wildman–Crippen MR) is 110 cm³/mol. The number of halogens is 1. The van der Waals surface area contributed by atoms with Crippen LogP contribution in [0.25, 0.3) is 10.9 Å². The van der Waals surface area contributed by atoms with Crippen molar-refractivity contribution in [1.29, 1.82) is 0 Å². The second-order valence-electron chi connectivity index (χ2n) is 6.27. The Kier molecular flexibility index (Phi) is 6.48. The maximum atomic E-state index is 13.0. The Balaban J connectivity index is 1.91. The van der Waals surface area contributed by atoms with Gasteiger partial charge in [0, 0.05) is 18.1 Å². The molecule has 0 bridgehead atoms. The third-order valence-electron chi connectivity index (χ3n) is 4.66. The quantitative estimate of drug-likeness (QED) is 0.588. The molecule has 0 unspecified atom stereocenters. The van der Waals surface area contributed by atoms with Gasteiger partial charge in [0.25, 0.3) is 5.56 Å². The first kappa shape index (κ1) is 19.4. The number of hydrogen-bond acceptors (Lipinski definition) is 4. The zero-order chi connectivity index (χ0) is 19.2. The van der Waals surface area contributed by atoms with E-state index in [-0.39, 0.29) is 12.2 Å². The molecule has 1 aromatic heterocycles. The molecule has 5 nitrogen and oxygen atoms in total. The van der Waals surface area contributed by atoms with Gasteiger partial charge >= 0.3 is 0 Å². The van der Waals surface area contributed by atoms with Crippen LogP contribution in [0.3, 0.4) is 0 Å². The lowest BCUT2D eigenvalue weighted by atomic mass is 10.2. The third-order valence-corrected chi connectivity index (χ3v) is 4.91. The molecule has 0 aliphatic carbocycles. The van der Waals surface area contributed by atoms with E-state index in [1.165, 1.54) is 0 Å². The molecule has 0 amide bonds. The third kappa shape index (κ3) is 4.67. The zero-order valence-electron chi connectivity index (χ0n) is 15.7. The number of rotatable bonds is 8. The number of aromatic nitrogens is 2. The molecule has 3 aromatic rings. The van der Waals surface area contributed by atoms with Gasteiger partial charge in [0.2, 0.25) is 0 Å². The average Bonchev–Trinajstić information content (AvgIpc) is 2.70. The highest BCUT2D eigenvalue weighted by atomic mass is 35.5. The molecule has 0 spiro atoms. The van der Waals surface area contributed by atoms with Gasteiger partial charge < -0.3 is 9.64 Å². The molecule has 0 aliphatic heterocycles. The average molecular weight is 386 g/mol. The van der Waals surface area contributed by atoms with Gasteiger partial charge in [-0.3, -0.25) is 9.36 Å². The summed E-state index contributed by atoms with van der Waals surface area (Å²) in [5.74, 6) is 1.32. The van der Waals surface area contributed by atoms with Gasteiger partial charge in [0.05, 0.1) is 10.9 Å². The van der Waals surface area contributed by atoms with Gasteiger partial charge in [-0.2, -0.15) is 0 Å². The minimum atomic E-state index is -0.0255. The van der Waals surface area contributed by atoms with Crippen molar-refractivity contribution in [3.63, 3.8) is 0 Å². The van der Waals surface area contributed by atoms with Crippen molar-refractivity contribution in [2.75, 3.05) is 19.6 Å². The molecule has 0 radical (unpaired) electrons. The molecule has 0 fully saturated rings. The standard InChI is InChI=1S/C21H24ClN3O2/c1-3-24(4-2)13-14-25-20(15-27-17-11-9-16(22)10-12-17)23-19-8-6-5-7-18(19)21(25)26/h5-12H,3-4,13-15H2,1-2H3. The minimum Gasteiger partial charge on any atom is -0.486 e. The van der Waals surface area contributed by atoms with Crippen LogP contribution in [0.4, 0.5) is 0 Å². The molecule has 142 valence electrons. The molecular weight excluding hydrogens is 362 g/mol. The molecular formula is C21H24ClN3O2. The molecule has 3 rings (SSSR count). The molecule has 6 heteroatoms. The van der Waals surface area contributed by atoms with Gasteiger partial charge in [0.15, 0.2) is 0 Å². The number of likely N-dealkylation sites (N-methyl/N-ethyl adjacent to an activating group) is 1. The topological polar surface area (TPSA) is 47.4 Å². The number of benzene rings is 2. The van der Waals surface area contributed by atoms with E-state index in [1.807, 2.05) is 36.4 Å². The molecule has 27 heavy (non-hydrogen) atoms. The summed E-state index contributed by atoms with van der Waals surface area (Å²) in [6.45, 7) is 7.73. The highest BCUT2D eigenvalue weighted by molar-refractivity contribution is 6.30. The molecule has 0 N–H and O–H groups in total. The smallest absolute Gasteiger partial charge is 0.261 e. The second-order valence-corrected chi connectivity index (χ2v) is 6.71. The van der Waals surface area contributed by atoms with Gasteiger partial charge in [-0.1, -0.05) is 37.6 Å². The summed E-state index contributed by atoms with van der Waals surface area (Å²) in [6.07, 6.45) is 0. The highest BCUT2D eigenvalue weighted by Gasteiger charge is 2.12. The Hall–Kier alpha value is -2.37. The van der Waals surface area contributed by atoms with Gasteiger partial charge in [-0.25, -0.2) is 4.98 Å². The van der Waals surface area contributed by atoms with E-state index in [1.54, 1.807) is 16.7 Å². The van der Waals surface area contributed by atoms with Crippen LogP contribution >= 0.6 is 11.6 Å². The summed E-state index contributed by atoms with van der Waals surface area (Å²) in [4.78, 5) is 20.0. The lowest BCUT2D eigenvalue weighted by Crippen LogP contribution is -2.33. The Morgan fingerprint density at radius 1 is 1.07 bits per heavy atom. The van der Waals surface area contributed by atoms with Crippen LogP contribution in [-0.4, -0.2) is 34.1 Å². The Morgan fingerprint density at radius 3 is 2.48 bits per heavy atom. The van der Waals surface area contributed by atoms with Crippen molar-refractivity contribution in [3.8, 4) is 5.75 Å². The van der Waals surface area contributed by atoms with E-state index in [4.69, 9.17) is 21.3 Å². The molecule has 0 saturated carbocycles. The number of nitrogens with zero attached hydrogens (tertiary/aromatic N) is 3.